The predicted molar refractivity (Wildman–Crippen MR) is 71.0 cm³/mol. The SMILES string of the molecule is CCOC(=O)C(CC)C(C)NCc1cccs1. The van der Waals surface area contributed by atoms with Crippen LogP contribution in [0.5, 0.6) is 0 Å². The van der Waals surface area contributed by atoms with E-state index in [1.807, 2.05) is 26.8 Å². The summed E-state index contributed by atoms with van der Waals surface area (Å²) in [6.07, 6.45) is 0.803. The molecule has 3 nitrogen and oxygen atoms in total. The highest BCUT2D eigenvalue weighted by atomic mass is 32.1. The summed E-state index contributed by atoms with van der Waals surface area (Å²) < 4.78 is 5.08. The zero-order chi connectivity index (χ0) is 12.7. The van der Waals surface area contributed by atoms with Crippen molar-refractivity contribution in [1.29, 1.82) is 0 Å². The first kappa shape index (κ1) is 14.2. The van der Waals surface area contributed by atoms with E-state index in [9.17, 15) is 4.79 Å². The molecule has 0 aliphatic rings. The molecule has 2 atom stereocenters. The van der Waals surface area contributed by atoms with E-state index in [0.29, 0.717) is 6.61 Å². The monoisotopic (exact) mass is 255 g/mol. The molecule has 0 aliphatic heterocycles. The average molecular weight is 255 g/mol. The minimum atomic E-state index is -0.0961. The summed E-state index contributed by atoms with van der Waals surface area (Å²) >= 11 is 1.72. The van der Waals surface area contributed by atoms with Gasteiger partial charge in [-0.3, -0.25) is 4.79 Å². The Kier molecular flexibility index (Phi) is 6.22. The maximum absolute atomic E-state index is 11.7. The van der Waals surface area contributed by atoms with Gasteiger partial charge >= 0.3 is 5.97 Å². The van der Waals surface area contributed by atoms with Crippen LogP contribution >= 0.6 is 11.3 Å². The van der Waals surface area contributed by atoms with Crippen LogP contribution in [0.15, 0.2) is 17.5 Å². The highest BCUT2D eigenvalue weighted by Crippen LogP contribution is 2.13. The minimum absolute atomic E-state index is 0.0603. The van der Waals surface area contributed by atoms with E-state index in [4.69, 9.17) is 4.74 Å². The molecule has 0 aromatic carbocycles. The van der Waals surface area contributed by atoms with Gasteiger partial charge in [0, 0.05) is 17.5 Å². The molecule has 1 rings (SSSR count). The molecule has 96 valence electrons. The van der Waals surface area contributed by atoms with Gasteiger partial charge in [0.2, 0.25) is 0 Å². The Morgan fingerprint density at radius 1 is 1.53 bits per heavy atom. The van der Waals surface area contributed by atoms with E-state index < -0.39 is 0 Å². The molecule has 1 N–H and O–H groups in total. The Balaban J connectivity index is 2.43. The molecule has 0 saturated heterocycles. The Labute approximate surface area is 107 Å². The second-order valence-electron chi connectivity index (χ2n) is 4.02. The molecule has 0 aliphatic carbocycles. The lowest BCUT2D eigenvalue weighted by Gasteiger charge is -2.21. The van der Waals surface area contributed by atoms with Crippen molar-refractivity contribution in [2.45, 2.75) is 39.8 Å². The number of rotatable bonds is 7. The molecule has 1 aromatic rings. The molecule has 0 amide bonds. The van der Waals surface area contributed by atoms with Crippen molar-refractivity contribution in [3.8, 4) is 0 Å². The summed E-state index contributed by atoms with van der Waals surface area (Å²) in [4.78, 5) is 13.0. The first-order chi connectivity index (χ1) is 8.19. The summed E-state index contributed by atoms with van der Waals surface area (Å²) in [6.45, 7) is 7.17. The quantitative estimate of drug-likeness (QED) is 0.761. The largest absolute Gasteiger partial charge is 0.466 e. The molecule has 1 aromatic heterocycles. The normalized spacial score (nSPS) is 14.3. The van der Waals surface area contributed by atoms with Gasteiger partial charge in [0.05, 0.1) is 12.5 Å². The van der Waals surface area contributed by atoms with Crippen molar-refractivity contribution in [2.24, 2.45) is 5.92 Å². The van der Waals surface area contributed by atoms with Crippen molar-refractivity contribution in [3.05, 3.63) is 22.4 Å². The maximum Gasteiger partial charge on any atom is 0.310 e. The number of ether oxygens (including phenoxy) is 1. The van der Waals surface area contributed by atoms with E-state index in [1.165, 1.54) is 4.88 Å². The molecule has 0 spiro atoms. The third-order valence-electron chi connectivity index (χ3n) is 2.81. The average Bonchev–Trinajstić information content (AvgIpc) is 2.80. The molecule has 0 bridgehead atoms. The zero-order valence-electron chi connectivity index (χ0n) is 10.7. The fraction of sp³-hybridized carbons (Fsp3) is 0.615. The third kappa shape index (κ3) is 4.48. The third-order valence-corrected chi connectivity index (χ3v) is 3.69. The number of carbonyl (C=O) groups is 1. The summed E-state index contributed by atoms with van der Waals surface area (Å²) in [7, 11) is 0. The highest BCUT2D eigenvalue weighted by molar-refractivity contribution is 7.09. The number of thiophene rings is 1. The lowest BCUT2D eigenvalue weighted by molar-refractivity contribution is -0.149. The predicted octanol–water partition coefficient (Wildman–Crippen LogP) is 2.82. The van der Waals surface area contributed by atoms with E-state index in [0.717, 1.165) is 13.0 Å². The van der Waals surface area contributed by atoms with Crippen LogP contribution in [0.4, 0.5) is 0 Å². The topological polar surface area (TPSA) is 38.3 Å². The van der Waals surface area contributed by atoms with E-state index >= 15 is 0 Å². The van der Waals surface area contributed by atoms with E-state index in [1.54, 1.807) is 11.3 Å². The summed E-state index contributed by atoms with van der Waals surface area (Å²) in [5.74, 6) is -0.156. The second-order valence-corrected chi connectivity index (χ2v) is 5.05. The van der Waals surface area contributed by atoms with Gasteiger partial charge < -0.3 is 10.1 Å². The van der Waals surface area contributed by atoms with Gasteiger partial charge in [0.15, 0.2) is 0 Å². The smallest absolute Gasteiger partial charge is 0.310 e. The maximum atomic E-state index is 11.7. The molecule has 0 radical (unpaired) electrons. The Morgan fingerprint density at radius 2 is 2.29 bits per heavy atom. The van der Waals surface area contributed by atoms with Crippen LogP contribution in [0.3, 0.4) is 0 Å². The van der Waals surface area contributed by atoms with Crippen LogP contribution < -0.4 is 5.32 Å². The minimum Gasteiger partial charge on any atom is -0.466 e. The molecule has 0 fully saturated rings. The fourth-order valence-electron chi connectivity index (χ4n) is 1.79. The number of hydrogen-bond donors (Lipinski definition) is 1. The van der Waals surface area contributed by atoms with Crippen LogP contribution in [0.25, 0.3) is 0 Å². The summed E-state index contributed by atoms with van der Waals surface area (Å²) in [5, 5.41) is 5.44. The molecule has 2 unspecified atom stereocenters. The molecule has 4 heteroatoms. The Bertz CT molecular complexity index is 324. The zero-order valence-corrected chi connectivity index (χ0v) is 11.5. The number of carbonyl (C=O) groups excluding carboxylic acids is 1. The molecule has 0 saturated carbocycles. The molecular formula is C13H21NO2S. The van der Waals surface area contributed by atoms with Gasteiger partial charge in [-0.2, -0.15) is 0 Å². The van der Waals surface area contributed by atoms with Crippen molar-refractivity contribution in [2.75, 3.05) is 6.61 Å². The lowest BCUT2D eigenvalue weighted by Crippen LogP contribution is -2.38. The van der Waals surface area contributed by atoms with Crippen LogP contribution in [0.2, 0.25) is 0 Å². The van der Waals surface area contributed by atoms with Gasteiger partial charge in [-0.25, -0.2) is 0 Å². The van der Waals surface area contributed by atoms with Gasteiger partial charge in [0.1, 0.15) is 0 Å². The van der Waals surface area contributed by atoms with Crippen molar-refractivity contribution in [1.82, 2.24) is 5.32 Å². The van der Waals surface area contributed by atoms with Gasteiger partial charge in [-0.1, -0.05) is 13.0 Å². The molecule has 17 heavy (non-hydrogen) atoms. The Morgan fingerprint density at radius 3 is 2.82 bits per heavy atom. The van der Waals surface area contributed by atoms with Gasteiger partial charge in [0.25, 0.3) is 0 Å². The summed E-state index contributed by atoms with van der Waals surface area (Å²) in [5.41, 5.74) is 0. The first-order valence-electron chi connectivity index (χ1n) is 6.11. The fourth-order valence-corrected chi connectivity index (χ4v) is 2.45. The van der Waals surface area contributed by atoms with Gasteiger partial charge in [-0.15, -0.1) is 11.3 Å². The van der Waals surface area contributed by atoms with Crippen molar-refractivity contribution < 1.29 is 9.53 Å². The van der Waals surface area contributed by atoms with E-state index in [-0.39, 0.29) is 17.9 Å². The highest BCUT2D eigenvalue weighted by Gasteiger charge is 2.24. The van der Waals surface area contributed by atoms with Crippen LogP contribution in [0, 0.1) is 5.92 Å². The number of esters is 1. The Hall–Kier alpha value is -0.870. The van der Waals surface area contributed by atoms with Crippen LogP contribution in [-0.4, -0.2) is 18.6 Å². The van der Waals surface area contributed by atoms with Crippen molar-refractivity contribution >= 4 is 17.3 Å². The second kappa shape index (κ2) is 7.45. The molecule has 1 heterocycles. The van der Waals surface area contributed by atoms with Crippen molar-refractivity contribution in [3.63, 3.8) is 0 Å². The van der Waals surface area contributed by atoms with Crippen LogP contribution in [0.1, 0.15) is 32.1 Å². The number of hydrogen-bond acceptors (Lipinski definition) is 4. The van der Waals surface area contributed by atoms with Gasteiger partial charge in [-0.05, 0) is 31.7 Å². The first-order valence-corrected chi connectivity index (χ1v) is 6.99. The standard InChI is InChI=1S/C13H21NO2S/c1-4-12(13(15)16-5-2)10(3)14-9-11-7-6-8-17-11/h6-8,10,12,14H,4-5,9H2,1-3H3. The summed E-state index contributed by atoms with van der Waals surface area (Å²) in [6, 6.07) is 4.27. The number of nitrogens with one attached hydrogen (secondary N) is 1. The van der Waals surface area contributed by atoms with Crippen LogP contribution in [-0.2, 0) is 16.1 Å². The lowest BCUT2D eigenvalue weighted by atomic mass is 9.98. The van der Waals surface area contributed by atoms with E-state index in [2.05, 4.69) is 16.8 Å². The molecular weight excluding hydrogens is 234 g/mol.